The first-order valence-electron chi connectivity index (χ1n) is 11.8. The summed E-state index contributed by atoms with van der Waals surface area (Å²) >= 11 is 0. The standard InChI is InChI=1S/C26H29N5O3/c32-25-10-12-31-24(18-23(28-31)21-4-2-1-3-5-21)30(25)19-20-6-8-22(9-7-20)26(33)27-11-13-29-14-16-34-17-15-29/h1-9,18H,10-17,19H2,(H,27,33). The van der Waals surface area contributed by atoms with Gasteiger partial charge in [-0.25, -0.2) is 4.68 Å². The van der Waals surface area contributed by atoms with Crippen molar-refractivity contribution in [3.05, 3.63) is 71.8 Å². The number of amides is 2. The van der Waals surface area contributed by atoms with Crippen molar-refractivity contribution in [3.8, 4) is 11.3 Å². The van der Waals surface area contributed by atoms with E-state index in [9.17, 15) is 9.59 Å². The molecule has 3 aromatic rings. The molecule has 2 amide bonds. The number of nitrogens with zero attached hydrogens (tertiary/aromatic N) is 4. The van der Waals surface area contributed by atoms with Gasteiger partial charge in [-0.15, -0.1) is 0 Å². The molecule has 0 unspecified atom stereocenters. The van der Waals surface area contributed by atoms with Crippen LogP contribution in [-0.4, -0.2) is 65.9 Å². The van der Waals surface area contributed by atoms with Crippen molar-refractivity contribution in [1.29, 1.82) is 0 Å². The van der Waals surface area contributed by atoms with E-state index in [0.29, 0.717) is 31.6 Å². The number of carbonyl (C=O) groups excluding carboxylic acids is 2. The fraction of sp³-hybridized carbons (Fsp3) is 0.346. The van der Waals surface area contributed by atoms with Crippen LogP contribution in [0.4, 0.5) is 5.82 Å². The van der Waals surface area contributed by atoms with E-state index in [4.69, 9.17) is 9.84 Å². The minimum absolute atomic E-state index is 0.0805. The zero-order valence-corrected chi connectivity index (χ0v) is 19.2. The third-order valence-corrected chi connectivity index (χ3v) is 6.32. The van der Waals surface area contributed by atoms with Crippen LogP contribution in [0.25, 0.3) is 11.3 Å². The average molecular weight is 460 g/mol. The van der Waals surface area contributed by atoms with Crippen molar-refractivity contribution >= 4 is 17.6 Å². The molecule has 5 rings (SSSR count). The number of benzene rings is 2. The van der Waals surface area contributed by atoms with Crippen LogP contribution < -0.4 is 10.2 Å². The molecule has 0 radical (unpaired) electrons. The molecule has 0 atom stereocenters. The third kappa shape index (κ3) is 5.03. The van der Waals surface area contributed by atoms with Gasteiger partial charge < -0.3 is 10.1 Å². The number of aromatic nitrogens is 2. The lowest BCUT2D eigenvalue weighted by molar-refractivity contribution is -0.119. The number of anilines is 1. The maximum absolute atomic E-state index is 12.7. The van der Waals surface area contributed by atoms with Crippen molar-refractivity contribution in [2.24, 2.45) is 0 Å². The number of rotatable bonds is 7. The topological polar surface area (TPSA) is 79.7 Å². The van der Waals surface area contributed by atoms with E-state index in [1.807, 2.05) is 65.3 Å². The Labute approximate surface area is 199 Å². The van der Waals surface area contributed by atoms with E-state index in [0.717, 1.165) is 55.5 Å². The zero-order chi connectivity index (χ0) is 23.3. The van der Waals surface area contributed by atoms with Crippen molar-refractivity contribution in [3.63, 3.8) is 0 Å². The number of nitrogens with one attached hydrogen (secondary N) is 1. The molecule has 2 aromatic carbocycles. The Kier molecular flexibility index (Phi) is 6.69. The van der Waals surface area contributed by atoms with Gasteiger partial charge in [-0.2, -0.15) is 5.10 Å². The minimum Gasteiger partial charge on any atom is -0.379 e. The molecule has 1 saturated heterocycles. The number of morpholine rings is 1. The summed E-state index contributed by atoms with van der Waals surface area (Å²) in [7, 11) is 0. The van der Waals surface area contributed by atoms with Gasteiger partial charge in [0.25, 0.3) is 5.91 Å². The summed E-state index contributed by atoms with van der Waals surface area (Å²) in [5.74, 6) is 0.802. The van der Waals surface area contributed by atoms with Crippen molar-refractivity contribution in [2.45, 2.75) is 19.5 Å². The second-order valence-electron chi connectivity index (χ2n) is 8.61. The van der Waals surface area contributed by atoms with Crippen LogP contribution in [0.1, 0.15) is 22.3 Å². The van der Waals surface area contributed by atoms with E-state index >= 15 is 0 Å². The fourth-order valence-electron chi connectivity index (χ4n) is 4.37. The van der Waals surface area contributed by atoms with Crippen LogP contribution in [0.5, 0.6) is 0 Å². The third-order valence-electron chi connectivity index (χ3n) is 6.32. The molecule has 0 bridgehead atoms. The maximum atomic E-state index is 12.7. The minimum atomic E-state index is -0.0839. The quantitative estimate of drug-likeness (QED) is 0.588. The van der Waals surface area contributed by atoms with E-state index in [1.165, 1.54) is 0 Å². The molecule has 8 nitrogen and oxygen atoms in total. The van der Waals surface area contributed by atoms with Crippen LogP contribution in [-0.2, 0) is 22.6 Å². The highest BCUT2D eigenvalue weighted by Crippen LogP contribution is 2.29. The molecule has 1 aromatic heterocycles. The Balaban J connectivity index is 1.22. The van der Waals surface area contributed by atoms with Gasteiger partial charge in [0.05, 0.1) is 32.0 Å². The number of fused-ring (bicyclic) bond motifs is 1. The van der Waals surface area contributed by atoms with Crippen LogP contribution in [0, 0.1) is 0 Å². The SMILES string of the molecule is O=C(NCCN1CCOCC1)c1ccc(CN2C(=O)CCn3nc(-c4ccccc4)cc32)cc1. The van der Waals surface area contributed by atoms with Gasteiger partial charge in [0.1, 0.15) is 5.82 Å². The Bertz CT molecular complexity index is 1140. The van der Waals surface area contributed by atoms with Crippen LogP contribution in [0.3, 0.4) is 0 Å². The average Bonchev–Trinajstić information content (AvgIpc) is 3.32. The first-order valence-corrected chi connectivity index (χ1v) is 11.8. The molecule has 0 saturated carbocycles. The van der Waals surface area contributed by atoms with Gasteiger partial charge in [-0.3, -0.25) is 19.4 Å². The normalized spacial score (nSPS) is 16.4. The molecule has 1 N–H and O–H groups in total. The van der Waals surface area contributed by atoms with E-state index in [-0.39, 0.29) is 11.8 Å². The second-order valence-corrected chi connectivity index (χ2v) is 8.61. The lowest BCUT2D eigenvalue weighted by Crippen LogP contribution is -2.41. The van der Waals surface area contributed by atoms with Gasteiger partial charge >= 0.3 is 0 Å². The largest absolute Gasteiger partial charge is 0.379 e. The molecule has 34 heavy (non-hydrogen) atoms. The number of carbonyl (C=O) groups is 2. The molecule has 8 heteroatoms. The molecule has 2 aliphatic rings. The molecular formula is C26H29N5O3. The smallest absolute Gasteiger partial charge is 0.251 e. The van der Waals surface area contributed by atoms with Gasteiger partial charge in [0.15, 0.2) is 0 Å². The Morgan fingerprint density at radius 3 is 2.53 bits per heavy atom. The summed E-state index contributed by atoms with van der Waals surface area (Å²) in [6.07, 6.45) is 0.423. The fourth-order valence-corrected chi connectivity index (χ4v) is 4.37. The molecule has 0 spiro atoms. The molecular weight excluding hydrogens is 430 g/mol. The number of hydrogen-bond acceptors (Lipinski definition) is 5. The highest BCUT2D eigenvalue weighted by atomic mass is 16.5. The summed E-state index contributed by atoms with van der Waals surface area (Å²) in [6.45, 7) is 5.78. The Hall–Kier alpha value is -3.49. The van der Waals surface area contributed by atoms with Crippen molar-refractivity contribution < 1.29 is 14.3 Å². The predicted molar refractivity (Wildman–Crippen MR) is 130 cm³/mol. The zero-order valence-electron chi connectivity index (χ0n) is 19.2. The first-order chi connectivity index (χ1) is 16.7. The summed E-state index contributed by atoms with van der Waals surface area (Å²) < 4.78 is 7.25. The van der Waals surface area contributed by atoms with E-state index < -0.39 is 0 Å². The number of hydrogen-bond donors (Lipinski definition) is 1. The number of ether oxygens (including phenoxy) is 1. The monoisotopic (exact) mass is 459 g/mol. The predicted octanol–water partition coefficient (Wildman–Crippen LogP) is 2.55. The lowest BCUT2D eigenvalue weighted by atomic mass is 10.1. The Morgan fingerprint density at radius 2 is 1.76 bits per heavy atom. The van der Waals surface area contributed by atoms with Crippen LogP contribution in [0.15, 0.2) is 60.7 Å². The summed E-state index contributed by atoms with van der Waals surface area (Å²) in [4.78, 5) is 29.3. The van der Waals surface area contributed by atoms with Gasteiger partial charge in [-0.1, -0.05) is 42.5 Å². The van der Waals surface area contributed by atoms with Crippen LogP contribution >= 0.6 is 0 Å². The maximum Gasteiger partial charge on any atom is 0.251 e. The highest BCUT2D eigenvalue weighted by Gasteiger charge is 2.26. The lowest BCUT2D eigenvalue weighted by Gasteiger charge is -2.27. The molecule has 176 valence electrons. The Morgan fingerprint density at radius 1 is 1.00 bits per heavy atom. The summed E-state index contributed by atoms with van der Waals surface area (Å²) in [5.41, 5.74) is 3.47. The van der Waals surface area contributed by atoms with Gasteiger partial charge in [0.2, 0.25) is 5.91 Å². The van der Waals surface area contributed by atoms with Crippen LogP contribution in [0.2, 0.25) is 0 Å². The molecule has 2 aliphatic heterocycles. The second kappa shape index (κ2) is 10.2. The molecule has 0 aliphatic carbocycles. The first kappa shape index (κ1) is 22.3. The number of aryl methyl sites for hydroxylation is 1. The van der Waals surface area contributed by atoms with Crippen molar-refractivity contribution in [2.75, 3.05) is 44.3 Å². The van der Waals surface area contributed by atoms with Gasteiger partial charge in [0, 0.05) is 49.8 Å². The molecule has 3 heterocycles. The van der Waals surface area contributed by atoms with Crippen molar-refractivity contribution in [1.82, 2.24) is 20.0 Å². The van der Waals surface area contributed by atoms with E-state index in [2.05, 4.69) is 10.2 Å². The summed E-state index contributed by atoms with van der Waals surface area (Å²) in [5, 5.41) is 7.69. The molecule has 1 fully saturated rings. The van der Waals surface area contributed by atoms with Gasteiger partial charge in [-0.05, 0) is 17.7 Å². The summed E-state index contributed by atoms with van der Waals surface area (Å²) in [6, 6.07) is 19.4. The van der Waals surface area contributed by atoms with E-state index in [1.54, 1.807) is 4.90 Å². The highest BCUT2D eigenvalue weighted by molar-refractivity contribution is 5.95.